The Morgan fingerprint density at radius 1 is 1.27 bits per heavy atom. The third-order valence-electron chi connectivity index (χ3n) is 4.14. The van der Waals surface area contributed by atoms with E-state index in [1.807, 2.05) is 16.8 Å². The maximum Gasteiger partial charge on any atom is 0.225 e. The number of nitrogens with one attached hydrogen (secondary N) is 1. The summed E-state index contributed by atoms with van der Waals surface area (Å²) in [7, 11) is 0. The van der Waals surface area contributed by atoms with Crippen LogP contribution in [-0.2, 0) is 10.3 Å². The summed E-state index contributed by atoms with van der Waals surface area (Å²) in [6, 6.07) is 12.3. The van der Waals surface area contributed by atoms with Gasteiger partial charge in [-0.3, -0.25) is 4.79 Å². The largest absolute Gasteiger partial charge is 0.311 e. The molecule has 2 atom stereocenters. The summed E-state index contributed by atoms with van der Waals surface area (Å²) in [6.45, 7) is 6.21. The molecule has 1 aliphatic carbocycles. The van der Waals surface area contributed by atoms with E-state index >= 15 is 0 Å². The number of hydrogen-bond acceptors (Lipinski definition) is 2. The lowest BCUT2D eigenvalue weighted by molar-refractivity contribution is -0.116. The zero-order chi connectivity index (χ0) is 15.7. The number of anilines is 1. The van der Waals surface area contributed by atoms with Gasteiger partial charge in [0.05, 0.1) is 11.7 Å². The average Bonchev–Trinajstić information content (AvgIpc) is 3.04. The van der Waals surface area contributed by atoms with Crippen LogP contribution in [0.5, 0.6) is 0 Å². The van der Waals surface area contributed by atoms with Crippen LogP contribution in [0.4, 0.5) is 5.82 Å². The van der Waals surface area contributed by atoms with E-state index < -0.39 is 0 Å². The van der Waals surface area contributed by atoms with Crippen LogP contribution in [0.3, 0.4) is 0 Å². The third kappa shape index (κ3) is 3.21. The molecule has 1 amide bonds. The summed E-state index contributed by atoms with van der Waals surface area (Å²) >= 11 is 0. The van der Waals surface area contributed by atoms with Crippen LogP contribution < -0.4 is 5.32 Å². The zero-order valence-electron chi connectivity index (χ0n) is 13.4. The Hall–Kier alpha value is -2.10. The number of carbonyl (C=O) groups excluding carboxylic acids is 1. The van der Waals surface area contributed by atoms with E-state index in [2.05, 4.69) is 55.5 Å². The van der Waals surface area contributed by atoms with E-state index in [9.17, 15) is 4.79 Å². The molecule has 116 valence electrons. The molecule has 1 saturated carbocycles. The number of rotatable bonds is 4. The lowest BCUT2D eigenvalue weighted by Gasteiger charge is -2.22. The van der Waals surface area contributed by atoms with Crippen molar-refractivity contribution < 1.29 is 4.79 Å². The molecule has 1 fully saturated rings. The highest BCUT2D eigenvalue weighted by Gasteiger charge is 2.39. The number of hydrogen-bond donors (Lipinski definition) is 1. The van der Waals surface area contributed by atoms with Crippen molar-refractivity contribution in [2.24, 2.45) is 5.92 Å². The molecule has 0 saturated heterocycles. The van der Waals surface area contributed by atoms with Gasteiger partial charge in [0.15, 0.2) is 0 Å². The maximum atomic E-state index is 12.3. The summed E-state index contributed by atoms with van der Waals surface area (Å²) in [6.07, 6.45) is 3.41. The second-order valence-corrected chi connectivity index (χ2v) is 7.06. The highest BCUT2D eigenvalue weighted by atomic mass is 16.1. The van der Waals surface area contributed by atoms with Crippen LogP contribution >= 0.6 is 0 Å². The van der Waals surface area contributed by atoms with E-state index in [0.29, 0.717) is 18.3 Å². The van der Waals surface area contributed by atoms with Crippen LogP contribution in [-0.4, -0.2) is 15.7 Å². The highest BCUT2D eigenvalue weighted by molar-refractivity contribution is 5.90. The molecular formula is C18H23N3O. The van der Waals surface area contributed by atoms with Crippen molar-refractivity contribution in [2.45, 2.75) is 45.1 Å². The van der Waals surface area contributed by atoms with Crippen LogP contribution in [0.2, 0.25) is 0 Å². The molecule has 1 aromatic carbocycles. The summed E-state index contributed by atoms with van der Waals surface area (Å²) in [4.78, 5) is 12.3. The minimum absolute atomic E-state index is 0.0782. The molecule has 0 bridgehead atoms. The lowest BCUT2D eigenvalue weighted by Crippen LogP contribution is -2.26. The Kier molecular flexibility index (Phi) is 3.77. The van der Waals surface area contributed by atoms with Crippen molar-refractivity contribution in [3.05, 3.63) is 48.2 Å². The smallest absolute Gasteiger partial charge is 0.225 e. The van der Waals surface area contributed by atoms with E-state index in [0.717, 1.165) is 12.2 Å². The van der Waals surface area contributed by atoms with Crippen molar-refractivity contribution in [1.29, 1.82) is 0 Å². The van der Waals surface area contributed by atoms with Crippen molar-refractivity contribution in [3.63, 3.8) is 0 Å². The third-order valence-corrected chi connectivity index (χ3v) is 4.14. The Morgan fingerprint density at radius 2 is 2.00 bits per heavy atom. The predicted octanol–water partition coefficient (Wildman–Crippen LogP) is 3.77. The molecule has 0 aliphatic heterocycles. The van der Waals surface area contributed by atoms with Crippen molar-refractivity contribution >= 4 is 11.7 Å². The first-order valence-electron chi connectivity index (χ1n) is 7.84. The molecule has 1 heterocycles. The standard InChI is InChI=1S/C18H23N3O/c1-18(2,3)21-16(9-10-19-21)20-17(22)12-14-11-15(14)13-7-5-4-6-8-13/h4-10,14-15H,11-12H2,1-3H3,(H,20,22)/t14-,15-/m0/s1. The lowest BCUT2D eigenvalue weighted by atomic mass is 10.1. The maximum absolute atomic E-state index is 12.3. The van der Waals surface area contributed by atoms with Gasteiger partial charge in [0.25, 0.3) is 0 Å². The Labute approximate surface area is 131 Å². The summed E-state index contributed by atoms with van der Waals surface area (Å²) in [5, 5.41) is 7.30. The molecule has 1 N–H and O–H groups in total. The molecule has 2 aromatic rings. The summed E-state index contributed by atoms with van der Waals surface area (Å²) < 4.78 is 1.85. The van der Waals surface area contributed by atoms with Gasteiger partial charge in [-0.25, -0.2) is 4.68 Å². The van der Waals surface area contributed by atoms with Crippen molar-refractivity contribution in [3.8, 4) is 0 Å². The number of carbonyl (C=O) groups is 1. The minimum Gasteiger partial charge on any atom is -0.311 e. The quantitative estimate of drug-likeness (QED) is 0.933. The van der Waals surface area contributed by atoms with E-state index in [1.165, 1.54) is 5.56 Å². The fourth-order valence-electron chi connectivity index (χ4n) is 2.95. The number of aromatic nitrogens is 2. The Balaban J connectivity index is 1.58. The van der Waals surface area contributed by atoms with Crippen LogP contribution in [0.15, 0.2) is 42.6 Å². The molecule has 0 spiro atoms. The second kappa shape index (κ2) is 5.59. The molecular weight excluding hydrogens is 274 g/mol. The minimum atomic E-state index is -0.141. The first-order chi connectivity index (χ1) is 10.4. The van der Waals surface area contributed by atoms with E-state index in [-0.39, 0.29) is 11.4 Å². The van der Waals surface area contributed by atoms with Crippen molar-refractivity contribution in [1.82, 2.24) is 9.78 Å². The van der Waals surface area contributed by atoms with E-state index in [4.69, 9.17) is 0 Å². The van der Waals surface area contributed by atoms with Gasteiger partial charge in [0.2, 0.25) is 5.91 Å². The fraction of sp³-hybridized carbons (Fsp3) is 0.444. The second-order valence-electron chi connectivity index (χ2n) is 7.06. The van der Waals surface area contributed by atoms with Gasteiger partial charge in [-0.05, 0) is 44.6 Å². The molecule has 3 rings (SSSR count). The molecule has 0 unspecified atom stereocenters. The van der Waals surface area contributed by atoms with Crippen LogP contribution in [0.1, 0.15) is 45.1 Å². The normalized spacial score (nSPS) is 20.7. The average molecular weight is 297 g/mol. The monoisotopic (exact) mass is 297 g/mol. The SMILES string of the molecule is CC(C)(C)n1nccc1NC(=O)C[C@@H]1C[C@H]1c1ccccc1. The molecule has 4 heteroatoms. The van der Waals surface area contributed by atoms with Gasteiger partial charge in [0, 0.05) is 12.5 Å². The number of benzene rings is 1. The van der Waals surface area contributed by atoms with E-state index in [1.54, 1.807) is 6.20 Å². The van der Waals surface area contributed by atoms with Gasteiger partial charge in [0.1, 0.15) is 5.82 Å². The Morgan fingerprint density at radius 3 is 2.68 bits per heavy atom. The van der Waals surface area contributed by atoms with Gasteiger partial charge >= 0.3 is 0 Å². The topological polar surface area (TPSA) is 46.9 Å². The van der Waals surface area contributed by atoms with Gasteiger partial charge in [-0.2, -0.15) is 5.10 Å². The van der Waals surface area contributed by atoms with Gasteiger partial charge in [-0.15, -0.1) is 0 Å². The van der Waals surface area contributed by atoms with Crippen molar-refractivity contribution in [2.75, 3.05) is 5.32 Å². The first-order valence-corrected chi connectivity index (χ1v) is 7.84. The fourth-order valence-corrected chi connectivity index (χ4v) is 2.95. The molecule has 22 heavy (non-hydrogen) atoms. The predicted molar refractivity (Wildman–Crippen MR) is 87.8 cm³/mol. The molecule has 4 nitrogen and oxygen atoms in total. The zero-order valence-corrected chi connectivity index (χ0v) is 13.4. The van der Waals surface area contributed by atoms with Crippen LogP contribution in [0.25, 0.3) is 0 Å². The molecule has 0 radical (unpaired) electrons. The van der Waals surface area contributed by atoms with Crippen LogP contribution in [0, 0.1) is 5.92 Å². The molecule has 1 aromatic heterocycles. The Bertz CT molecular complexity index is 654. The number of nitrogens with zero attached hydrogens (tertiary/aromatic N) is 2. The highest BCUT2D eigenvalue weighted by Crippen LogP contribution is 2.49. The molecule has 1 aliphatic rings. The van der Waals surface area contributed by atoms with Gasteiger partial charge in [-0.1, -0.05) is 30.3 Å². The summed E-state index contributed by atoms with van der Waals surface area (Å²) in [5.74, 6) is 1.86. The van der Waals surface area contributed by atoms with Gasteiger partial charge < -0.3 is 5.32 Å². The number of amides is 1. The summed E-state index contributed by atoms with van der Waals surface area (Å²) in [5.41, 5.74) is 1.21. The first kappa shape index (κ1) is 14.8.